The fourth-order valence-corrected chi connectivity index (χ4v) is 1.83. The van der Waals surface area contributed by atoms with E-state index in [-0.39, 0.29) is 17.1 Å². The molecule has 0 spiro atoms. The second-order valence-corrected chi connectivity index (χ2v) is 2.96. The van der Waals surface area contributed by atoms with E-state index in [1.807, 2.05) is 0 Å². The van der Waals surface area contributed by atoms with E-state index in [0.717, 1.165) is 12.8 Å². The van der Waals surface area contributed by atoms with Gasteiger partial charge in [0.05, 0.1) is 6.10 Å². The molecule has 2 rings (SSSR count). The molecule has 0 saturated carbocycles. The second kappa shape index (κ2) is 1.92. The number of hydrogen-bond acceptors (Lipinski definition) is 3. The van der Waals surface area contributed by atoms with Gasteiger partial charge in [-0.15, -0.1) is 0 Å². The Hall–Kier alpha value is -0.640. The zero-order chi connectivity index (χ0) is 7.14. The van der Waals surface area contributed by atoms with Crippen LogP contribution in [0.3, 0.4) is 0 Å². The van der Waals surface area contributed by atoms with Crippen molar-refractivity contribution in [2.24, 2.45) is 0 Å². The number of hydrogen-bond donors (Lipinski definition) is 0. The maximum absolute atomic E-state index is 10.3. The van der Waals surface area contributed by atoms with Gasteiger partial charge >= 0.3 is 0 Å². The molecular formula is C6H9NO3. The Labute approximate surface area is 58.3 Å². The fourth-order valence-electron chi connectivity index (χ4n) is 1.83. The van der Waals surface area contributed by atoms with Crippen LogP contribution in [-0.4, -0.2) is 23.2 Å². The molecule has 0 N–H and O–H groups in total. The molecule has 0 aromatic heterocycles. The molecule has 0 amide bonds. The highest BCUT2D eigenvalue weighted by Crippen LogP contribution is 2.35. The summed E-state index contributed by atoms with van der Waals surface area (Å²) in [7, 11) is 0. The predicted molar refractivity (Wildman–Crippen MR) is 33.3 cm³/mol. The Morgan fingerprint density at radius 2 is 2.30 bits per heavy atom. The first-order valence-electron chi connectivity index (χ1n) is 3.56. The molecule has 0 radical (unpaired) electrons. The van der Waals surface area contributed by atoms with Gasteiger partial charge in [-0.1, -0.05) is 0 Å². The van der Waals surface area contributed by atoms with E-state index in [4.69, 9.17) is 4.74 Å². The molecule has 0 aliphatic carbocycles. The van der Waals surface area contributed by atoms with Crippen molar-refractivity contribution in [1.82, 2.24) is 0 Å². The first-order chi connectivity index (χ1) is 4.77. The third-order valence-corrected chi connectivity index (χ3v) is 2.34. The van der Waals surface area contributed by atoms with Crippen molar-refractivity contribution in [2.75, 3.05) is 0 Å². The van der Waals surface area contributed by atoms with Crippen molar-refractivity contribution in [1.29, 1.82) is 0 Å². The van der Waals surface area contributed by atoms with E-state index in [1.165, 1.54) is 0 Å². The molecule has 1 unspecified atom stereocenters. The van der Waals surface area contributed by atoms with Gasteiger partial charge < -0.3 is 4.74 Å². The van der Waals surface area contributed by atoms with Crippen molar-refractivity contribution < 1.29 is 9.66 Å². The lowest BCUT2D eigenvalue weighted by atomic mass is 9.96. The molecule has 2 saturated heterocycles. The minimum atomic E-state index is -0.404. The summed E-state index contributed by atoms with van der Waals surface area (Å²) in [6, 6.07) is -0.404. The third kappa shape index (κ3) is 0.718. The number of nitrogens with zero attached hydrogens (tertiary/aromatic N) is 1. The van der Waals surface area contributed by atoms with E-state index in [2.05, 4.69) is 0 Å². The third-order valence-electron chi connectivity index (χ3n) is 2.34. The maximum Gasteiger partial charge on any atom is 0.241 e. The minimum Gasteiger partial charge on any atom is -0.368 e. The smallest absolute Gasteiger partial charge is 0.241 e. The van der Waals surface area contributed by atoms with Crippen LogP contribution in [0.5, 0.6) is 0 Å². The Morgan fingerprint density at radius 3 is 2.60 bits per heavy atom. The van der Waals surface area contributed by atoms with Crippen LogP contribution in [0.15, 0.2) is 0 Å². The summed E-state index contributed by atoms with van der Waals surface area (Å²) in [6.07, 6.45) is 2.67. The summed E-state index contributed by atoms with van der Waals surface area (Å²) in [5, 5.41) is 10.3. The van der Waals surface area contributed by atoms with E-state index in [0.29, 0.717) is 6.42 Å². The van der Waals surface area contributed by atoms with E-state index in [1.54, 1.807) is 0 Å². The highest BCUT2D eigenvalue weighted by Gasteiger charge is 2.47. The van der Waals surface area contributed by atoms with Gasteiger partial charge in [0.15, 0.2) is 0 Å². The molecule has 10 heavy (non-hydrogen) atoms. The van der Waals surface area contributed by atoms with Crippen molar-refractivity contribution in [3.05, 3.63) is 10.1 Å². The van der Waals surface area contributed by atoms with E-state index < -0.39 is 6.04 Å². The number of ether oxygens (including phenoxy) is 1. The summed E-state index contributed by atoms with van der Waals surface area (Å²) < 4.78 is 5.30. The van der Waals surface area contributed by atoms with Crippen molar-refractivity contribution in [2.45, 2.75) is 37.5 Å². The van der Waals surface area contributed by atoms with Gasteiger partial charge in [-0.05, 0) is 12.8 Å². The average Bonchev–Trinajstić information content (AvgIpc) is 2.44. The Bertz CT molecular complexity index is 170. The topological polar surface area (TPSA) is 52.4 Å². The average molecular weight is 143 g/mol. The van der Waals surface area contributed by atoms with Crippen LogP contribution < -0.4 is 0 Å². The zero-order valence-corrected chi connectivity index (χ0v) is 5.53. The molecule has 2 aliphatic rings. The first kappa shape index (κ1) is 6.09. The molecule has 2 aliphatic heterocycles. The van der Waals surface area contributed by atoms with Gasteiger partial charge in [-0.3, -0.25) is 10.1 Å². The second-order valence-electron chi connectivity index (χ2n) is 2.96. The molecule has 4 heteroatoms. The summed E-state index contributed by atoms with van der Waals surface area (Å²) in [4.78, 5) is 10.1. The molecule has 2 heterocycles. The molecule has 0 aromatic carbocycles. The normalized spacial score (nSPS) is 44.2. The fraction of sp³-hybridized carbons (Fsp3) is 1.00. The maximum atomic E-state index is 10.3. The highest BCUT2D eigenvalue weighted by atomic mass is 16.6. The number of rotatable bonds is 1. The molecule has 2 bridgehead atoms. The van der Waals surface area contributed by atoms with Crippen LogP contribution in [0.4, 0.5) is 0 Å². The molecule has 2 fully saturated rings. The standard InChI is InChI=1S/C6H9NO3/c8-7(9)5-3-4-1-2-6(5)10-4/h4-6H,1-3H2/t4-,5?,6+/m0/s1. The Balaban J connectivity index is 2.08. The number of nitro groups is 1. The van der Waals surface area contributed by atoms with Crippen LogP contribution in [0, 0.1) is 10.1 Å². The minimum absolute atomic E-state index is 0.0694. The van der Waals surface area contributed by atoms with Crippen LogP contribution in [0.1, 0.15) is 19.3 Å². The van der Waals surface area contributed by atoms with Gasteiger partial charge in [0.2, 0.25) is 6.04 Å². The summed E-state index contributed by atoms with van der Waals surface area (Å²) in [6.45, 7) is 0. The molecule has 0 aromatic rings. The van der Waals surface area contributed by atoms with Crippen LogP contribution in [0.2, 0.25) is 0 Å². The van der Waals surface area contributed by atoms with Crippen LogP contribution in [0.25, 0.3) is 0 Å². The molecule has 4 nitrogen and oxygen atoms in total. The summed E-state index contributed by atoms with van der Waals surface area (Å²) in [5.41, 5.74) is 0. The van der Waals surface area contributed by atoms with Crippen molar-refractivity contribution in [3.63, 3.8) is 0 Å². The molecule has 56 valence electrons. The summed E-state index contributed by atoms with van der Waals surface area (Å²) >= 11 is 0. The van der Waals surface area contributed by atoms with Crippen LogP contribution in [-0.2, 0) is 4.74 Å². The van der Waals surface area contributed by atoms with Gasteiger partial charge in [0.1, 0.15) is 6.10 Å². The largest absolute Gasteiger partial charge is 0.368 e. The Kier molecular flexibility index (Phi) is 1.17. The lowest BCUT2D eigenvalue weighted by molar-refractivity contribution is -0.527. The SMILES string of the molecule is O=[N+]([O-])C1C[C@@H]2CC[C@H]1O2. The first-order valence-corrected chi connectivity index (χ1v) is 3.56. The van der Waals surface area contributed by atoms with Crippen molar-refractivity contribution >= 4 is 0 Å². The lowest BCUT2D eigenvalue weighted by Crippen LogP contribution is -2.30. The quantitative estimate of drug-likeness (QED) is 0.398. The van der Waals surface area contributed by atoms with Crippen molar-refractivity contribution in [3.8, 4) is 0 Å². The summed E-state index contributed by atoms with van der Waals surface area (Å²) in [5.74, 6) is 0. The van der Waals surface area contributed by atoms with E-state index in [9.17, 15) is 10.1 Å². The highest BCUT2D eigenvalue weighted by molar-refractivity contribution is 4.89. The van der Waals surface area contributed by atoms with E-state index >= 15 is 0 Å². The van der Waals surface area contributed by atoms with Crippen LogP contribution >= 0.6 is 0 Å². The molecule has 3 atom stereocenters. The van der Waals surface area contributed by atoms with Gasteiger partial charge in [0, 0.05) is 11.3 Å². The predicted octanol–water partition coefficient (Wildman–Crippen LogP) is 0.583. The Morgan fingerprint density at radius 1 is 1.50 bits per heavy atom. The van der Waals surface area contributed by atoms with Gasteiger partial charge in [-0.2, -0.15) is 0 Å². The van der Waals surface area contributed by atoms with Gasteiger partial charge in [-0.25, -0.2) is 0 Å². The zero-order valence-electron chi connectivity index (χ0n) is 5.53. The number of fused-ring (bicyclic) bond motifs is 2. The van der Waals surface area contributed by atoms with Gasteiger partial charge in [0.25, 0.3) is 0 Å². The molecular weight excluding hydrogens is 134 g/mol. The monoisotopic (exact) mass is 143 g/mol. The lowest BCUT2D eigenvalue weighted by Gasteiger charge is -2.09.